The number of fused-ring (bicyclic) bond motifs is 1. The molecule has 1 aromatic heterocycles. The minimum atomic E-state index is -0.286. The van der Waals surface area contributed by atoms with Gasteiger partial charge in [0.1, 0.15) is 11.3 Å². The van der Waals surface area contributed by atoms with Crippen LogP contribution in [0.5, 0.6) is 0 Å². The Labute approximate surface area is 184 Å². The number of piperidine rings is 1. The number of nitrogens with one attached hydrogen (secondary N) is 1. The van der Waals surface area contributed by atoms with Crippen molar-refractivity contribution in [3.63, 3.8) is 0 Å². The summed E-state index contributed by atoms with van der Waals surface area (Å²) in [7, 11) is 0. The number of hydrogen-bond donors (Lipinski definition) is 1. The number of halogens is 1. The fraction of sp³-hybridized carbons (Fsp3) is 0.200. The first-order valence-electron chi connectivity index (χ1n) is 10.4. The smallest absolute Gasteiger partial charge is 0.227 e. The van der Waals surface area contributed by atoms with Crippen LogP contribution in [0.15, 0.2) is 72.8 Å². The summed E-state index contributed by atoms with van der Waals surface area (Å²) in [4.78, 5) is 19.6. The highest BCUT2D eigenvalue weighted by Crippen LogP contribution is 2.33. The number of rotatable bonds is 4. The van der Waals surface area contributed by atoms with Crippen molar-refractivity contribution in [3.8, 4) is 11.1 Å². The Morgan fingerprint density at radius 3 is 2.48 bits per heavy atom. The maximum atomic E-state index is 14.0. The molecule has 0 unspecified atom stereocenters. The van der Waals surface area contributed by atoms with Crippen molar-refractivity contribution < 1.29 is 9.18 Å². The van der Waals surface area contributed by atoms with E-state index in [-0.39, 0.29) is 17.6 Å². The largest absolute Gasteiger partial charge is 0.348 e. The molecule has 0 radical (unpaired) electrons. The van der Waals surface area contributed by atoms with E-state index in [4.69, 9.17) is 0 Å². The predicted octanol–water partition coefficient (Wildman–Crippen LogP) is 5.96. The van der Waals surface area contributed by atoms with Crippen LogP contribution in [0.2, 0.25) is 0 Å². The molecule has 0 bridgehead atoms. The number of para-hydroxylation sites is 2. The molecule has 0 atom stereocenters. The molecule has 1 saturated heterocycles. The molecule has 1 N–H and O–H groups in total. The van der Waals surface area contributed by atoms with Crippen LogP contribution in [0, 0.1) is 11.7 Å². The minimum Gasteiger partial charge on any atom is -0.348 e. The van der Waals surface area contributed by atoms with Gasteiger partial charge < -0.3 is 10.2 Å². The molecule has 6 heteroatoms. The van der Waals surface area contributed by atoms with Crippen LogP contribution in [0.4, 0.5) is 15.2 Å². The number of anilines is 2. The van der Waals surface area contributed by atoms with Crippen LogP contribution in [0.25, 0.3) is 21.3 Å². The van der Waals surface area contributed by atoms with Crippen LogP contribution in [0.1, 0.15) is 12.8 Å². The predicted molar refractivity (Wildman–Crippen MR) is 125 cm³/mol. The number of amides is 1. The third kappa shape index (κ3) is 4.03. The topological polar surface area (TPSA) is 45.2 Å². The second kappa shape index (κ2) is 8.47. The van der Waals surface area contributed by atoms with Crippen molar-refractivity contribution in [2.75, 3.05) is 23.3 Å². The zero-order valence-electron chi connectivity index (χ0n) is 16.9. The van der Waals surface area contributed by atoms with Crippen LogP contribution in [0.3, 0.4) is 0 Å². The second-order valence-electron chi connectivity index (χ2n) is 7.75. The second-order valence-corrected chi connectivity index (χ2v) is 8.75. The fourth-order valence-electron chi connectivity index (χ4n) is 4.07. The van der Waals surface area contributed by atoms with Crippen molar-refractivity contribution in [1.29, 1.82) is 0 Å². The molecule has 2 heterocycles. The number of thiazole rings is 1. The highest BCUT2D eigenvalue weighted by Gasteiger charge is 2.27. The van der Waals surface area contributed by atoms with E-state index in [2.05, 4.69) is 15.2 Å². The molecule has 4 nitrogen and oxygen atoms in total. The van der Waals surface area contributed by atoms with E-state index < -0.39 is 0 Å². The fourth-order valence-corrected chi connectivity index (χ4v) is 5.10. The molecule has 0 spiro atoms. The van der Waals surface area contributed by atoms with Crippen molar-refractivity contribution in [2.45, 2.75) is 12.8 Å². The van der Waals surface area contributed by atoms with E-state index in [0.717, 1.165) is 52.6 Å². The first-order chi connectivity index (χ1) is 15.2. The lowest BCUT2D eigenvalue weighted by atomic mass is 9.95. The molecule has 1 aliphatic heterocycles. The zero-order chi connectivity index (χ0) is 21.2. The maximum absolute atomic E-state index is 14.0. The summed E-state index contributed by atoms with van der Waals surface area (Å²) in [6.45, 7) is 1.47. The van der Waals surface area contributed by atoms with Gasteiger partial charge in [0.2, 0.25) is 5.91 Å². The number of benzene rings is 3. The lowest BCUT2D eigenvalue weighted by Gasteiger charge is -2.31. The van der Waals surface area contributed by atoms with Gasteiger partial charge in [-0.1, -0.05) is 65.9 Å². The Bertz CT molecular complexity index is 1220. The molecule has 31 heavy (non-hydrogen) atoms. The van der Waals surface area contributed by atoms with E-state index in [9.17, 15) is 9.18 Å². The Kier molecular flexibility index (Phi) is 5.38. The molecule has 1 amide bonds. The molecule has 156 valence electrons. The van der Waals surface area contributed by atoms with Gasteiger partial charge in [-0.15, -0.1) is 0 Å². The Morgan fingerprint density at radius 1 is 0.968 bits per heavy atom. The average molecular weight is 432 g/mol. The molecule has 1 aliphatic rings. The van der Waals surface area contributed by atoms with E-state index in [1.54, 1.807) is 6.07 Å². The molecular weight excluding hydrogens is 409 g/mol. The minimum absolute atomic E-state index is 0.0498. The van der Waals surface area contributed by atoms with Crippen molar-refractivity contribution in [2.24, 2.45) is 5.92 Å². The van der Waals surface area contributed by atoms with Gasteiger partial charge in [-0.25, -0.2) is 9.37 Å². The van der Waals surface area contributed by atoms with E-state index in [1.807, 2.05) is 60.7 Å². The lowest BCUT2D eigenvalue weighted by molar-refractivity contribution is -0.120. The molecule has 0 aliphatic carbocycles. The number of nitrogens with zero attached hydrogens (tertiary/aromatic N) is 2. The molecule has 1 fully saturated rings. The van der Waals surface area contributed by atoms with E-state index >= 15 is 0 Å². The van der Waals surface area contributed by atoms with Gasteiger partial charge in [-0.2, -0.15) is 0 Å². The monoisotopic (exact) mass is 431 g/mol. The van der Waals surface area contributed by atoms with Crippen molar-refractivity contribution in [3.05, 3.63) is 78.6 Å². The summed E-state index contributed by atoms with van der Waals surface area (Å²) < 4.78 is 14.8. The summed E-state index contributed by atoms with van der Waals surface area (Å²) in [6, 6.07) is 23.0. The van der Waals surface area contributed by atoms with Crippen LogP contribution in [-0.4, -0.2) is 24.0 Å². The highest BCUT2D eigenvalue weighted by molar-refractivity contribution is 7.22. The van der Waals surface area contributed by atoms with Gasteiger partial charge in [-0.05, 0) is 36.6 Å². The first-order valence-corrected chi connectivity index (χ1v) is 11.3. The molecule has 0 saturated carbocycles. The zero-order valence-corrected chi connectivity index (χ0v) is 17.7. The summed E-state index contributed by atoms with van der Waals surface area (Å²) in [5, 5.41) is 3.97. The van der Waals surface area contributed by atoms with Gasteiger partial charge in [-0.3, -0.25) is 4.79 Å². The number of carbonyl (C=O) groups is 1. The molecular formula is C25H22FN3OS. The number of hydrogen-bond acceptors (Lipinski definition) is 4. The van der Waals surface area contributed by atoms with Gasteiger partial charge in [0.05, 0.1) is 4.70 Å². The van der Waals surface area contributed by atoms with Gasteiger partial charge in [0.25, 0.3) is 0 Å². The Balaban J connectivity index is 1.26. The Hall–Kier alpha value is -3.25. The SMILES string of the molecule is O=C(Nc1ccccc1-c1ccccc1)C1CCN(c2nc3c(F)cccc3s2)CC1. The summed E-state index contributed by atoms with van der Waals surface area (Å²) >= 11 is 1.50. The molecule has 5 rings (SSSR count). The van der Waals surface area contributed by atoms with Gasteiger partial charge in [0, 0.05) is 30.3 Å². The van der Waals surface area contributed by atoms with Crippen molar-refractivity contribution in [1.82, 2.24) is 4.98 Å². The third-order valence-corrected chi connectivity index (χ3v) is 6.85. The van der Waals surface area contributed by atoms with E-state index in [1.165, 1.54) is 17.4 Å². The Morgan fingerprint density at radius 2 is 1.71 bits per heavy atom. The lowest BCUT2D eigenvalue weighted by Crippen LogP contribution is -2.38. The van der Waals surface area contributed by atoms with Crippen LogP contribution >= 0.6 is 11.3 Å². The summed E-state index contributed by atoms with van der Waals surface area (Å²) in [6.07, 6.45) is 1.50. The van der Waals surface area contributed by atoms with Crippen LogP contribution in [-0.2, 0) is 4.79 Å². The van der Waals surface area contributed by atoms with Crippen molar-refractivity contribution >= 4 is 38.3 Å². The van der Waals surface area contributed by atoms with Crippen LogP contribution < -0.4 is 10.2 Å². The quantitative estimate of drug-likeness (QED) is 0.434. The number of aromatic nitrogens is 1. The number of carbonyl (C=O) groups excluding carboxylic acids is 1. The van der Waals surface area contributed by atoms with Gasteiger partial charge >= 0.3 is 0 Å². The summed E-state index contributed by atoms with van der Waals surface area (Å²) in [5.41, 5.74) is 3.37. The van der Waals surface area contributed by atoms with Gasteiger partial charge in [0.15, 0.2) is 5.13 Å². The normalized spacial score (nSPS) is 14.7. The van der Waals surface area contributed by atoms with E-state index in [0.29, 0.717) is 5.52 Å². The third-order valence-electron chi connectivity index (χ3n) is 5.76. The molecule has 4 aromatic rings. The summed E-state index contributed by atoms with van der Waals surface area (Å²) in [5.74, 6) is -0.282. The highest BCUT2D eigenvalue weighted by atomic mass is 32.1. The average Bonchev–Trinajstić information content (AvgIpc) is 3.26. The first kappa shape index (κ1) is 19.7. The molecule has 3 aromatic carbocycles. The standard InChI is InChI=1S/C25H22FN3OS/c26-20-10-6-12-22-23(20)28-25(31-22)29-15-13-18(14-16-29)24(30)27-21-11-5-4-9-19(21)17-7-2-1-3-8-17/h1-12,18H,13-16H2,(H,27,30). The maximum Gasteiger partial charge on any atom is 0.227 e.